The minimum Gasteiger partial charge on any atom is -0.378 e. The number of ether oxygens (including phenoxy) is 1. The van der Waals surface area contributed by atoms with Crippen molar-refractivity contribution >= 4 is 0 Å². The highest BCUT2D eigenvalue weighted by Gasteiger charge is 2.30. The number of hydrogen-bond donors (Lipinski definition) is 0. The van der Waals surface area contributed by atoms with Crippen LogP contribution in [0.3, 0.4) is 0 Å². The fourth-order valence-electron chi connectivity index (χ4n) is 2.24. The standard InChI is InChI=1S/C11H21NO/c1-11(2)4-3-6-12(7-5-11)10-8-13-9-10/h10H,3-9H2,1-2H3. The first kappa shape index (κ1) is 9.47. The van der Waals surface area contributed by atoms with Gasteiger partial charge in [0, 0.05) is 0 Å². The topological polar surface area (TPSA) is 12.5 Å². The van der Waals surface area contributed by atoms with E-state index in [9.17, 15) is 0 Å². The molecule has 0 atom stereocenters. The molecule has 0 aromatic carbocycles. The zero-order valence-electron chi connectivity index (χ0n) is 8.88. The second kappa shape index (κ2) is 3.58. The van der Waals surface area contributed by atoms with Crippen LogP contribution >= 0.6 is 0 Å². The number of nitrogens with zero attached hydrogens (tertiary/aromatic N) is 1. The minimum atomic E-state index is 0.569. The number of rotatable bonds is 1. The molecule has 0 radical (unpaired) electrons. The van der Waals surface area contributed by atoms with Gasteiger partial charge in [-0.2, -0.15) is 0 Å². The van der Waals surface area contributed by atoms with Crippen LogP contribution < -0.4 is 0 Å². The molecule has 0 aromatic rings. The molecule has 0 aromatic heterocycles. The van der Waals surface area contributed by atoms with Gasteiger partial charge in [-0.25, -0.2) is 0 Å². The molecule has 0 aliphatic carbocycles. The second-order valence-corrected chi connectivity index (χ2v) is 5.25. The summed E-state index contributed by atoms with van der Waals surface area (Å²) < 4.78 is 5.24. The Balaban J connectivity index is 1.86. The molecular weight excluding hydrogens is 162 g/mol. The van der Waals surface area contributed by atoms with Gasteiger partial charge in [0.05, 0.1) is 19.3 Å². The smallest absolute Gasteiger partial charge is 0.0645 e. The van der Waals surface area contributed by atoms with Crippen molar-refractivity contribution in [2.75, 3.05) is 26.3 Å². The molecule has 0 saturated carbocycles. The van der Waals surface area contributed by atoms with Gasteiger partial charge in [0.15, 0.2) is 0 Å². The summed E-state index contributed by atoms with van der Waals surface area (Å²) in [5, 5.41) is 0. The van der Waals surface area contributed by atoms with Crippen LogP contribution in [0, 0.1) is 5.41 Å². The van der Waals surface area contributed by atoms with Crippen molar-refractivity contribution in [3.8, 4) is 0 Å². The lowest BCUT2D eigenvalue weighted by atomic mass is 9.85. The summed E-state index contributed by atoms with van der Waals surface area (Å²) in [6.45, 7) is 9.31. The van der Waals surface area contributed by atoms with Gasteiger partial charge < -0.3 is 4.74 Å². The van der Waals surface area contributed by atoms with Gasteiger partial charge in [0.1, 0.15) is 0 Å². The summed E-state index contributed by atoms with van der Waals surface area (Å²) >= 11 is 0. The van der Waals surface area contributed by atoms with Crippen molar-refractivity contribution in [3.05, 3.63) is 0 Å². The lowest BCUT2D eigenvalue weighted by Gasteiger charge is -2.36. The van der Waals surface area contributed by atoms with Crippen LogP contribution in [0.5, 0.6) is 0 Å². The molecular formula is C11H21NO. The summed E-state index contributed by atoms with van der Waals surface area (Å²) in [6, 6.07) is 0.744. The zero-order valence-corrected chi connectivity index (χ0v) is 8.88. The first-order valence-electron chi connectivity index (χ1n) is 5.49. The molecule has 2 aliphatic heterocycles. The Bertz CT molecular complexity index is 175. The summed E-state index contributed by atoms with van der Waals surface area (Å²) in [5.41, 5.74) is 0.569. The van der Waals surface area contributed by atoms with Crippen LogP contribution in [-0.2, 0) is 4.74 Å². The largest absolute Gasteiger partial charge is 0.378 e. The Kier molecular flexibility index (Phi) is 2.61. The lowest BCUT2D eigenvalue weighted by molar-refractivity contribution is -0.0642. The predicted octanol–water partition coefficient (Wildman–Crippen LogP) is 1.90. The van der Waals surface area contributed by atoms with E-state index in [0.29, 0.717) is 5.41 Å². The molecule has 2 heteroatoms. The molecule has 2 nitrogen and oxygen atoms in total. The second-order valence-electron chi connectivity index (χ2n) is 5.25. The molecule has 0 bridgehead atoms. The molecule has 2 saturated heterocycles. The molecule has 13 heavy (non-hydrogen) atoms. The van der Waals surface area contributed by atoms with E-state index < -0.39 is 0 Å². The normalized spacial score (nSPS) is 30.9. The van der Waals surface area contributed by atoms with Crippen molar-refractivity contribution in [1.29, 1.82) is 0 Å². The van der Waals surface area contributed by atoms with Crippen molar-refractivity contribution < 1.29 is 4.74 Å². The summed E-state index contributed by atoms with van der Waals surface area (Å²) in [6.07, 6.45) is 4.10. The Hall–Kier alpha value is -0.0800. The van der Waals surface area contributed by atoms with Gasteiger partial charge in [-0.05, 0) is 37.8 Å². The fraction of sp³-hybridized carbons (Fsp3) is 1.00. The maximum atomic E-state index is 5.24. The maximum Gasteiger partial charge on any atom is 0.0645 e. The predicted molar refractivity (Wildman–Crippen MR) is 53.8 cm³/mol. The molecule has 2 rings (SSSR count). The molecule has 2 fully saturated rings. The average Bonchev–Trinajstić information content (AvgIpc) is 2.09. The first-order chi connectivity index (χ1) is 6.17. The quantitative estimate of drug-likeness (QED) is 0.615. The van der Waals surface area contributed by atoms with Gasteiger partial charge in [-0.15, -0.1) is 0 Å². The molecule has 0 amide bonds. The fourth-order valence-corrected chi connectivity index (χ4v) is 2.24. The Morgan fingerprint density at radius 1 is 1.15 bits per heavy atom. The third-order valence-corrected chi connectivity index (χ3v) is 3.51. The molecule has 0 N–H and O–H groups in total. The molecule has 2 heterocycles. The summed E-state index contributed by atoms with van der Waals surface area (Å²) in [4.78, 5) is 2.62. The van der Waals surface area contributed by atoms with E-state index in [1.165, 1.54) is 32.4 Å². The zero-order chi connectivity index (χ0) is 9.31. The molecule has 2 aliphatic rings. The van der Waals surface area contributed by atoms with Crippen LogP contribution in [0.25, 0.3) is 0 Å². The molecule has 76 valence electrons. The van der Waals surface area contributed by atoms with Crippen molar-refractivity contribution in [1.82, 2.24) is 4.90 Å². The Labute approximate surface area is 81.3 Å². The van der Waals surface area contributed by atoms with Crippen molar-refractivity contribution in [3.63, 3.8) is 0 Å². The van der Waals surface area contributed by atoms with Crippen molar-refractivity contribution in [2.45, 2.75) is 39.2 Å². The van der Waals surface area contributed by atoms with E-state index in [-0.39, 0.29) is 0 Å². The van der Waals surface area contributed by atoms with Gasteiger partial charge >= 0.3 is 0 Å². The lowest BCUT2D eigenvalue weighted by Crippen LogP contribution is -2.49. The van der Waals surface area contributed by atoms with E-state index in [2.05, 4.69) is 18.7 Å². The molecule has 0 unspecified atom stereocenters. The van der Waals surface area contributed by atoms with E-state index in [4.69, 9.17) is 4.74 Å². The number of likely N-dealkylation sites (tertiary alicyclic amines) is 1. The van der Waals surface area contributed by atoms with E-state index >= 15 is 0 Å². The minimum absolute atomic E-state index is 0.569. The van der Waals surface area contributed by atoms with E-state index in [1.54, 1.807) is 0 Å². The van der Waals surface area contributed by atoms with Crippen molar-refractivity contribution in [2.24, 2.45) is 5.41 Å². The van der Waals surface area contributed by atoms with Gasteiger partial charge in [-0.1, -0.05) is 13.8 Å². The average molecular weight is 183 g/mol. The monoisotopic (exact) mass is 183 g/mol. The third-order valence-electron chi connectivity index (χ3n) is 3.51. The highest BCUT2D eigenvalue weighted by atomic mass is 16.5. The van der Waals surface area contributed by atoms with E-state index in [0.717, 1.165) is 19.3 Å². The third kappa shape index (κ3) is 2.23. The highest BCUT2D eigenvalue weighted by Crippen LogP contribution is 2.30. The Morgan fingerprint density at radius 2 is 1.92 bits per heavy atom. The van der Waals surface area contributed by atoms with Crippen LogP contribution in [0.1, 0.15) is 33.1 Å². The SMILES string of the molecule is CC1(C)CCCN(C2COC2)CC1. The molecule has 0 spiro atoms. The van der Waals surface area contributed by atoms with Crippen LogP contribution in [-0.4, -0.2) is 37.2 Å². The van der Waals surface area contributed by atoms with Crippen LogP contribution in [0.4, 0.5) is 0 Å². The Morgan fingerprint density at radius 3 is 2.54 bits per heavy atom. The summed E-state index contributed by atoms with van der Waals surface area (Å²) in [7, 11) is 0. The number of hydrogen-bond acceptors (Lipinski definition) is 2. The van der Waals surface area contributed by atoms with Gasteiger partial charge in [0.2, 0.25) is 0 Å². The summed E-state index contributed by atoms with van der Waals surface area (Å²) in [5.74, 6) is 0. The van der Waals surface area contributed by atoms with Gasteiger partial charge in [-0.3, -0.25) is 4.90 Å². The maximum absolute atomic E-state index is 5.24. The van der Waals surface area contributed by atoms with Crippen LogP contribution in [0.2, 0.25) is 0 Å². The van der Waals surface area contributed by atoms with E-state index in [1.807, 2.05) is 0 Å². The highest BCUT2D eigenvalue weighted by molar-refractivity contribution is 4.83. The van der Waals surface area contributed by atoms with Gasteiger partial charge in [0.25, 0.3) is 0 Å². The van der Waals surface area contributed by atoms with Crippen LogP contribution in [0.15, 0.2) is 0 Å². The first-order valence-corrected chi connectivity index (χ1v) is 5.49.